The predicted molar refractivity (Wildman–Crippen MR) is 73.0 cm³/mol. The van der Waals surface area contributed by atoms with Gasteiger partial charge in [-0.3, -0.25) is 14.5 Å². The molecule has 0 radical (unpaired) electrons. The van der Waals surface area contributed by atoms with Crippen LogP contribution in [0.3, 0.4) is 0 Å². The molecule has 0 aliphatic carbocycles. The van der Waals surface area contributed by atoms with E-state index < -0.39 is 10.9 Å². The summed E-state index contributed by atoms with van der Waals surface area (Å²) in [7, 11) is 0. The molecule has 0 N–H and O–H groups in total. The highest BCUT2D eigenvalue weighted by Gasteiger charge is 2.23. The number of amides is 2. The summed E-state index contributed by atoms with van der Waals surface area (Å²) in [5.74, 6) is -1.05. The van der Waals surface area contributed by atoms with Gasteiger partial charge in [-0.25, -0.2) is 9.59 Å². The number of halogens is 2. The Labute approximate surface area is 130 Å². The summed E-state index contributed by atoms with van der Waals surface area (Å²) >= 11 is 10.1. The van der Waals surface area contributed by atoms with Crippen LogP contribution in [-0.2, 0) is 19.1 Å². The van der Waals surface area contributed by atoms with Crippen LogP contribution in [0.5, 0.6) is 0 Å². The van der Waals surface area contributed by atoms with Crippen molar-refractivity contribution in [1.82, 2.24) is 4.90 Å². The molecule has 0 atom stereocenters. The topological polar surface area (TPSA) is 90.0 Å². The van der Waals surface area contributed by atoms with E-state index in [2.05, 4.69) is 9.47 Å². The van der Waals surface area contributed by atoms with E-state index in [9.17, 15) is 19.2 Å². The highest BCUT2D eigenvalue weighted by atomic mass is 35.5. The van der Waals surface area contributed by atoms with Crippen molar-refractivity contribution in [3.63, 3.8) is 0 Å². The van der Waals surface area contributed by atoms with Crippen LogP contribution in [0.2, 0.25) is 0 Å². The molecule has 0 saturated heterocycles. The summed E-state index contributed by atoms with van der Waals surface area (Å²) < 4.78 is 9.27. The molecule has 1 aliphatic heterocycles. The van der Waals surface area contributed by atoms with Gasteiger partial charge in [0.1, 0.15) is 0 Å². The maximum Gasteiger partial charge on any atom is 0.403 e. The van der Waals surface area contributed by atoms with Crippen LogP contribution >= 0.6 is 23.2 Å². The minimum absolute atomic E-state index is 0.0490. The van der Waals surface area contributed by atoms with Crippen LogP contribution in [0, 0.1) is 5.92 Å². The second-order valence-electron chi connectivity index (χ2n) is 4.27. The lowest BCUT2D eigenvalue weighted by atomic mass is 10.1. The molecule has 0 fully saturated rings. The fourth-order valence-corrected chi connectivity index (χ4v) is 1.90. The van der Waals surface area contributed by atoms with Gasteiger partial charge >= 0.3 is 10.9 Å². The molecule has 1 rings (SSSR count). The molecule has 21 heavy (non-hydrogen) atoms. The summed E-state index contributed by atoms with van der Waals surface area (Å²) in [6.07, 6.45) is 3.31. The molecule has 1 aliphatic rings. The van der Waals surface area contributed by atoms with Crippen molar-refractivity contribution >= 4 is 45.9 Å². The Morgan fingerprint density at radius 1 is 1.05 bits per heavy atom. The number of imide groups is 1. The number of nitrogens with zero attached hydrogens (tertiary/aromatic N) is 1. The van der Waals surface area contributed by atoms with Crippen molar-refractivity contribution in [1.29, 1.82) is 0 Å². The highest BCUT2D eigenvalue weighted by molar-refractivity contribution is 6.61. The van der Waals surface area contributed by atoms with Crippen LogP contribution in [0.1, 0.15) is 12.8 Å². The monoisotopic (exact) mass is 337 g/mol. The summed E-state index contributed by atoms with van der Waals surface area (Å²) in [4.78, 5) is 44.9. The molecule has 9 heteroatoms. The highest BCUT2D eigenvalue weighted by Crippen LogP contribution is 2.13. The van der Waals surface area contributed by atoms with Crippen LogP contribution in [-0.4, -0.2) is 47.3 Å². The van der Waals surface area contributed by atoms with Crippen molar-refractivity contribution in [3.8, 4) is 0 Å². The predicted octanol–water partition coefficient (Wildman–Crippen LogP) is 2.06. The number of rotatable bonds is 8. The standard InChI is InChI=1S/C12H13Cl2NO6/c13-11(18)20-6-8(7-21-12(14)19)2-1-5-15-9(16)3-4-10(15)17/h3-4,8H,1-2,5-7H2. The lowest BCUT2D eigenvalue weighted by Crippen LogP contribution is -2.31. The number of hydrogen-bond donors (Lipinski definition) is 0. The van der Waals surface area contributed by atoms with Gasteiger partial charge in [0.2, 0.25) is 0 Å². The first-order valence-corrected chi connectivity index (χ1v) is 6.83. The third-order valence-electron chi connectivity index (χ3n) is 2.76. The molecule has 0 bridgehead atoms. The Morgan fingerprint density at radius 3 is 1.95 bits per heavy atom. The minimum atomic E-state index is -0.966. The molecule has 7 nitrogen and oxygen atoms in total. The summed E-state index contributed by atoms with van der Waals surface area (Å²) in [6, 6.07) is 0. The summed E-state index contributed by atoms with van der Waals surface area (Å²) in [5.41, 5.74) is -1.93. The van der Waals surface area contributed by atoms with Gasteiger partial charge in [-0.15, -0.1) is 0 Å². The summed E-state index contributed by atoms with van der Waals surface area (Å²) in [6.45, 7) is 0.129. The van der Waals surface area contributed by atoms with E-state index in [-0.39, 0.29) is 37.5 Å². The molecular weight excluding hydrogens is 325 g/mol. The maximum absolute atomic E-state index is 11.3. The number of carbonyl (C=O) groups excluding carboxylic acids is 4. The lowest BCUT2D eigenvalue weighted by molar-refractivity contribution is -0.136. The van der Waals surface area contributed by atoms with Gasteiger partial charge in [-0.2, -0.15) is 0 Å². The van der Waals surface area contributed by atoms with E-state index in [4.69, 9.17) is 23.2 Å². The summed E-state index contributed by atoms with van der Waals surface area (Å²) in [5, 5.41) is 0. The number of carbonyl (C=O) groups is 4. The minimum Gasteiger partial charge on any atom is -0.453 e. The second-order valence-corrected chi connectivity index (χ2v) is 4.88. The van der Waals surface area contributed by atoms with Gasteiger partial charge < -0.3 is 9.47 Å². The molecule has 0 aromatic heterocycles. The van der Waals surface area contributed by atoms with Crippen molar-refractivity contribution in [3.05, 3.63) is 12.2 Å². The molecule has 0 saturated carbocycles. The Hall–Kier alpha value is -1.60. The van der Waals surface area contributed by atoms with Gasteiger partial charge in [0.05, 0.1) is 13.2 Å². The van der Waals surface area contributed by atoms with E-state index >= 15 is 0 Å². The zero-order chi connectivity index (χ0) is 15.8. The van der Waals surface area contributed by atoms with Gasteiger partial charge in [0.15, 0.2) is 0 Å². The van der Waals surface area contributed by atoms with Gasteiger partial charge in [-0.1, -0.05) is 0 Å². The Bertz CT molecular complexity index is 429. The van der Waals surface area contributed by atoms with E-state index in [1.807, 2.05) is 0 Å². The van der Waals surface area contributed by atoms with Gasteiger partial charge in [0, 0.05) is 47.8 Å². The second kappa shape index (κ2) is 8.63. The molecule has 2 amide bonds. The zero-order valence-electron chi connectivity index (χ0n) is 10.9. The molecule has 116 valence electrons. The fraction of sp³-hybridized carbons (Fsp3) is 0.500. The smallest absolute Gasteiger partial charge is 0.403 e. The van der Waals surface area contributed by atoms with Crippen molar-refractivity contribution in [2.75, 3.05) is 19.8 Å². The van der Waals surface area contributed by atoms with Crippen molar-refractivity contribution in [2.45, 2.75) is 12.8 Å². The largest absolute Gasteiger partial charge is 0.453 e. The molecule has 0 spiro atoms. The Balaban J connectivity index is 2.37. The number of ether oxygens (including phenoxy) is 2. The molecule has 0 aromatic carbocycles. The zero-order valence-corrected chi connectivity index (χ0v) is 12.4. The van der Waals surface area contributed by atoms with Crippen LogP contribution in [0.15, 0.2) is 12.2 Å². The van der Waals surface area contributed by atoms with E-state index in [1.165, 1.54) is 12.2 Å². The first-order chi connectivity index (χ1) is 9.90. The van der Waals surface area contributed by atoms with Crippen LogP contribution in [0.4, 0.5) is 9.59 Å². The van der Waals surface area contributed by atoms with Crippen molar-refractivity contribution in [2.24, 2.45) is 5.92 Å². The number of hydrogen-bond acceptors (Lipinski definition) is 6. The van der Waals surface area contributed by atoms with Crippen molar-refractivity contribution < 1.29 is 28.7 Å². The quantitative estimate of drug-likeness (QED) is 0.497. The van der Waals surface area contributed by atoms with Gasteiger partial charge in [-0.05, 0) is 12.8 Å². The lowest BCUT2D eigenvalue weighted by Gasteiger charge is -2.18. The van der Waals surface area contributed by atoms with Crippen LogP contribution < -0.4 is 0 Å². The van der Waals surface area contributed by atoms with E-state index in [1.54, 1.807) is 0 Å². The first kappa shape index (κ1) is 17.5. The maximum atomic E-state index is 11.3. The molecular formula is C12H13Cl2NO6. The van der Waals surface area contributed by atoms with E-state index in [0.717, 1.165) is 4.90 Å². The SMILES string of the molecule is O=C(Cl)OCC(CCCN1C(=O)C=CC1=O)COC(=O)Cl. The Morgan fingerprint density at radius 2 is 1.52 bits per heavy atom. The molecule has 0 unspecified atom stereocenters. The third-order valence-corrected chi connectivity index (χ3v) is 2.98. The average Bonchev–Trinajstić information content (AvgIpc) is 2.72. The Kier molecular flexibility index (Phi) is 7.18. The molecule has 1 heterocycles. The average molecular weight is 338 g/mol. The first-order valence-electron chi connectivity index (χ1n) is 6.08. The van der Waals surface area contributed by atoms with E-state index in [0.29, 0.717) is 12.8 Å². The van der Waals surface area contributed by atoms with Crippen LogP contribution in [0.25, 0.3) is 0 Å². The molecule has 0 aromatic rings. The van der Waals surface area contributed by atoms with Gasteiger partial charge in [0.25, 0.3) is 11.8 Å². The fourth-order valence-electron chi connectivity index (χ4n) is 1.77. The third kappa shape index (κ3) is 6.59. The normalized spacial score (nSPS) is 14.0.